The van der Waals surface area contributed by atoms with E-state index in [4.69, 9.17) is 9.97 Å². The highest BCUT2D eigenvalue weighted by Crippen LogP contribution is 2.51. The van der Waals surface area contributed by atoms with Crippen molar-refractivity contribution in [2.75, 3.05) is 46.6 Å². The smallest absolute Gasteiger partial charge is 0.267 e. The summed E-state index contributed by atoms with van der Waals surface area (Å²) in [5.41, 5.74) is 0.00305. The van der Waals surface area contributed by atoms with Gasteiger partial charge >= 0.3 is 0 Å². The summed E-state index contributed by atoms with van der Waals surface area (Å²) in [4.78, 5) is 17.9. The van der Waals surface area contributed by atoms with Crippen molar-refractivity contribution in [1.29, 1.82) is 0 Å². The van der Waals surface area contributed by atoms with E-state index in [2.05, 4.69) is 27.1 Å². The third-order valence-corrected chi connectivity index (χ3v) is 14.7. The van der Waals surface area contributed by atoms with Crippen LogP contribution in [-0.4, -0.2) is 86.5 Å². The van der Waals surface area contributed by atoms with Crippen LogP contribution in [0.15, 0.2) is 53.6 Å². The molecule has 0 radical (unpaired) electrons. The predicted octanol–water partition coefficient (Wildman–Crippen LogP) is 4.76. The molecule has 1 aliphatic carbocycles. The number of anilines is 3. The molecule has 17 heteroatoms. The summed E-state index contributed by atoms with van der Waals surface area (Å²) in [5, 5.41) is 3.96. The molecular formula is C32H32F3N7O4S3. The molecule has 3 saturated heterocycles. The molecule has 258 valence electrons. The second kappa shape index (κ2) is 11.6. The predicted molar refractivity (Wildman–Crippen MR) is 180 cm³/mol. The van der Waals surface area contributed by atoms with Gasteiger partial charge in [-0.1, -0.05) is 23.5 Å². The van der Waals surface area contributed by atoms with E-state index in [-0.39, 0.29) is 34.2 Å². The van der Waals surface area contributed by atoms with Gasteiger partial charge in [0.25, 0.3) is 10.0 Å². The van der Waals surface area contributed by atoms with Crippen molar-refractivity contribution in [1.82, 2.24) is 19.9 Å². The van der Waals surface area contributed by atoms with Gasteiger partial charge in [-0.15, -0.1) is 0 Å². The third kappa shape index (κ3) is 5.83. The zero-order valence-corrected chi connectivity index (χ0v) is 28.7. The molecular weight excluding hydrogens is 700 g/mol. The van der Waals surface area contributed by atoms with E-state index in [1.807, 2.05) is 4.72 Å². The lowest BCUT2D eigenvalue weighted by Gasteiger charge is -2.53. The highest BCUT2D eigenvalue weighted by molar-refractivity contribution is 7.93. The molecule has 4 aliphatic rings. The minimum absolute atomic E-state index is 0.0181. The number of halogens is 3. The van der Waals surface area contributed by atoms with E-state index in [1.54, 1.807) is 12.3 Å². The first-order valence-electron chi connectivity index (χ1n) is 15.8. The van der Waals surface area contributed by atoms with Gasteiger partial charge in [-0.2, -0.15) is 0 Å². The second-order valence-corrected chi connectivity index (χ2v) is 18.2. The van der Waals surface area contributed by atoms with Gasteiger partial charge in [0, 0.05) is 48.4 Å². The Morgan fingerprint density at radius 3 is 2.31 bits per heavy atom. The first-order chi connectivity index (χ1) is 23.3. The fourth-order valence-corrected chi connectivity index (χ4v) is 12.3. The molecule has 4 aromatic rings. The molecule has 2 unspecified atom stereocenters. The Kier molecular flexibility index (Phi) is 7.70. The van der Waals surface area contributed by atoms with Crippen LogP contribution in [0.4, 0.5) is 29.9 Å². The number of sulfonamides is 1. The van der Waals surface area contributed by atoms with E-state index >= 15 is 4.39 Å². The largest absolute Gasteiger partial charge is 0.351 e. The van der Waals surface area contributed by atoms with E-state index in [0.717, 1.165) is 44.1 Å². The summed E-state index contributed by atoms with van der Waals surface area (Å²) in [6, 6.07) is 9.15. The summed E-state index contributed by atoms with van der Waals surface area (Å²) < 4.78 is 96.8. The molecule has 2 N–H and O–H groups in total. The molecule has 3 aliphatic heterocycles. The van der Waals surface area contributed by atoms with Crippen molar-refractivity contribution < 1.29 is 30.0 Å². The number of nitrogens with zero attached hydrogens (tertiary/aromatic N) is 5. The highest BCUT2D eigenvalue weighted by atomic mass is 32.2. The monoisotopic (exact) mass is 731 g/mol. The van der Waals surface area contributed by atoms with Crippen molar-refractivity contribution in [2.45, 2.75) is 48.7 Å². The lowest BCUT2D eigenvalue weighted by atomic mass is 9.67. The van der Waals surface area contributed by atoms with Gasteiger partial charge in [-0.25, -0.2) is 45.0 Å². The number of piperazine rings is 1. The van der Waals surface area contributed by atoms with Gasteiger partial charge in [0.1, 0.15) is 11.6 Å². The summed E-state index contributed by atoms with van der Waals surface area (Å²) in [6.07, 6.45) is 5.11. The van der Waals surface area contributed by atoms with Crippen molar-refractivity contribution in [2.24, 2.45) is 5.41 Å². The molecule has 49 heavy (non-hydrogen) atoms. The number of sulfone groups is 1. The quantitative estimate of drug-likeness (QED) is 0.261. The molecule has 0 amide bonds. The Labute approximate surface area is 285 Å². The SMILES string of the molecule is CN1C2CCC1CN(c1nc(-c3cccc(NS(=O)(=O)c4c(F)cccc4F)c3F)c(-c3ccnc(NC4CC5(C4)CS(=O)(=O)C5)n3)s1)C2. The maximum Gasteiger partial charge on any atom is 0.267 e. The average Bonchev–Trinajstić information content (AvgIpc) is 3.52. The normalized spacial score (nSPS) is 22.9. The molecule has 2 atom stereocenters. The van der Waals surface area contributed by atoms with Gasteiger partial charge < -0.3 is 10.2 Å². The number of thiazole rings is 1. The van der Waals surface area contributed by atoms with Gasteiger partial charge in [0.05, 0.1) is 33.5 Å². The zero-order valence-electron chi connectivity index (χ0n) is 26.2. The molecule has 2 aromatic carbocycles. The highest BCUT2D eigenvalue weighted by Gasteiger charge is 2.56. The van der Waals surface area contributed by atoms with Gasteiger partial charge in [0.15, 0.2) is 25.7 Å². The fraction of sp³-hybridized carbons (Fsp3) is 0.406. The molecule has 2 bridgehead atoms. The van der Waals surface area contributed by atoms with E-state index in [9.17, 15) is 25.6 Å². The zero-order chi connectivity index (χ0) is 34.3. The van der Waals surface area contributed by atoms with Crippen LogP contribution in [-0.2, 0) is 19.9 Å². The summed E-state index contributed by atoms with van der Waals surface area (Å²) in [6.45, 7) is 1.48. The first kappa shape index (κ1) is 32.4. The lowest BCUT2D eigenvalue weighted by Crippen LogP contribution is -2.60. The van der Waals surface area contributed by atoms with Gasteiger partial charge in [-0.05, 0) is 63.1 Å². The van der Waals surface area contributed by atoms with Crippen LogP contribution < -0.4 is 14.9 Å². The summed E-state index contributed by atoms with van der Waals surface area (Å²) >= 11 is 1.34. The number of hydrogen-bond acceptors (Lipinski definition) is 11. The Morgan fingerprint density at radius 2 is 1.63 bits per heavy atom. The van der Waals surface area contributed by atoms with Crippen LogP contribution >= 0.6 is 11.3 Å². The number of fused-ring (bicyclic) bond motifs is 2. The molecule has 8 rings (SSSR count). The Hall–Kier alpha value is -3.80. The van der Waals surface area contributed by atoms with Gasteiger partial charge in [0.2, 0.25) is 5.95 Å². The summed E-state index contributed by atoms with van der Waals surface area (Å²) in [7, 11) is -5.66. The van der Waals surface area contributed by atoms with Crippen molar-refractivity contribution in [3.63, 3.8) is 0 Å². The van der Waals surface area contributed by atoms with E-state index in [1.165, 1.54) is 29.5 Å². The molecule has 5 heterocycles. The standard InChI is InChI=1S/C32H32F3N7O4S3/c1-41-19-8-9-20(41)15-42(14-19)31-39-27(21-4-2-7-24(26(21)35)40-49(45,46)29-22(33)5-3-6-23(29)34)28(47-31)25-10-11-36-30(38-25)37-18-12-32(13-18)16-48(43,44)17-32/h2-7,10-11,18-20,40H,8-9,12-17H2,1H3,(H,36,37,38). The van der Waals surface area contributed by atoms with Gasteiger partial charge in [-0.3, -0.25) is 9.62 Å². The van der Waals surface area contributed by atoms with Crippen LogP contribution in [0, 0.1) is 22.9 Å². The minimum atomic E-state index is -4.84. The molecule has 1 spiro atoms. The number of aromatic nitrogens is 3. The number of benzene rings is 2. The van der Waals surface area contributed by atoms with Crippen molar-refractivity contribution >= 4 is 48.0 Å². The number of rotatable bonds is 8. The maximum atomic E-state index is 16.4. The van der Waals surface area contributed by atoms with E-state index in [0.29, 0.717) is 46.6 Å². The molecule has 11 nitrogen and oxygen atoms in total. The minimum Gasteiger partial charge on any atom is -0.351 e. The van der Waals surface area contributed by atoms with Crippen LogP contribution in [0.1, 0.15) is 25.7 Å². The van der Waals surface area contributed by atoms with Crippen LogP contribution in [0.5, 0.6) is 0 Å². The summed E-state index contributed by atoms with van der Waals surface area (Å²) in [5.74, 6) is -2.83. The second-order valence-electron chi connectivity index (χ2n) is 13.5. The van der Waals surface area contributed by atoms with Crippen LogP contribution in [0.25, 0.3) is 21.8 Å². The average molecular weight is 732 g/mol. The molecule has 2 aromatic heterocycles. The topological polar surface area (TPSA) is 137 Å². The Morgan fingerprint density at radius 1 is 0.959 bits per heavy atom. The van der Waals surface area contributed by atoms with Crippen LogP contribution in [0.2, 0.25) is 0 Å². The maximum absolute atomic E-state index is 16.4. The van der Waals surface area contributed by atoms with Crippen molar-refractivity contribution in [3.8, 4) is 21.8 Å². The molecule has 1 saturated carbocycles. The number of nitrogens with one attached hydrogen (secondary N) is 2. The Balaban J connectivity index is 1.14. The van der Waals surface area contributed by atoms with E-state index < -0.39 is 47.9 Å². The van der Waals surface area contributed by atoms with Crippen molar-refractivity contribution in [3.05, 3.63) is 66.1 Å². The third-order valence-electron chi connectivity index (χ3n) is 10.1. The van der Waals surface area contributed by atoms with Crippen LogP contribution in [0.3, 0.4) is 0 Å². The molecule has 4 fully saturated rings. The lowest BCUT2D eigenvalue weighted by molar-refractivity contribution is 0.153. The fourth-order valence-electron chi connectivity index (χ4n) is 7.75. The first-order valence-corrected chi connectivity index (χ1v) is 20.0. The number of hydrogen-bond donors (Lipinski definition) is 2. The Bertz CT molecular complexity index is 2150. The number of likely N-dealkylation sites (N-methyl/N-ethyl adjacent to an activating group) is 1.